The highest BCUT2D eigenvalue weighted by molar-refractivity contribution is 5.47. The van der Waals surface area contributed by atoms with Gasteiger partial charge < -0.3 is 15.0 Å². The Morgan fingerprint density at radius 1 is 1.47 bits per heavy atom. The van der Waals surface area contributed by atoms with Crippen molar-refractivity contribution in [1.29, 1.82) is 0 Å². The van der Waals surface area contributed by atoms with Crippen molar-refractivity contribution in [1.82, 2.24) is 10.1 Å². The monoisotopic (exact) mass is 205 g/mol. The van der Waals surface area contributed by atoms with E-state index in [2.05, 4.69) is 14.7 Å². The number of anilines is 1. The first-order chi connectivity index (χ1) is 7.25. The quantitative estimate of drug-likeness (QED) is 0.769. The summed E-state index contributed by atoms with van der Waals surface area (Å²) < 4.78 is 10.1. The van der Waals surface area contributed by atoms with Crippen molar-refractivity contribution in [3.8, 4) is 5.75 Å². The first-order valence-electron chi connectivity index (χ1n) is 4.50. The summed E-state index contributed by atoms with van der Waals surface area (Å²) in [5.41, 5.74) is 7.33. The minimum Gasteiger partial charge on any atom is -0.485 e. The predicted molar refractivity (Wildman–Crippen MR) is 54.2 cm³/mol. The Morgan fingerprint density at radius 3 is 3.00 bits per heavy atom. The molecule has 0 amide bonds. The second-order valence-electron chi connectivity index (χ2n) is 3.16. The lowest BCUT2D eigenvalue weighted by atomic mass is 10.2. The Labute approximate surface area is 86.9 Å². The van der Waals surface area contributed by atoms with Gasteiger partial charge in [-0.15, -0.1) is 0 Å². The van der Waals surface area contributed by atoms with Crippen LogP contribution in [0.3, 0.4) is 0 Å². The van der Waals surface area contributed by atoms with Gasteiger partial charge in [0.1, 0.15) is 5.75 Å². The van der Waals surface area contributed by atoms with Gasteiger partial charge in [0, 0.05) is 5.69 Å². The normalized spacial score (nSPS) is 10.2. The third-order valence-electron chi connectivity index (χ3n) is 1.96. The number of aryl methyl sites for hydroxylation is 1. The van der Waals surface area contributed by atoms with Crippen molar-refractivity contribution in [3.63, 3.8) is 0 Å². The third-order valence-corrected chi connectivity index (χ3v) is 1.96. The number of nitrogen functional groups attached to an aromatic ring is 1. The van der Waals surface area contributed by atoms with Gasteiger partial charge in [-0.1, -0.05) is 5.16 Å². The van der Waals surface area contributed by atoms with E-state index in [0.717, 1.165) is 17.0 Å². The molecule has 0 aliphatic carbocycles. The van der Waals surface area contributed by atoms with Crippen LogP contribution in [0, 0.1) is 6.92 Å². The molecule has 2 N–H and O–H groups in total. The molecule has 2 aromatic rings. The van der Waals surface area contributed by atoms with E-state index in [1.54, 1.807) is 6.07 Å². The number of benzene rings is 1. The zero-order chi connectivity index (χ0) is 10.7. The van der Waals surface area contributed by atoms with E-state index in [4.69, 9.17) is 10.5 Å². The Bertz CT molecular complexity index is 440. The zero-order valence-corrected chi connectivity index (χ0v) is 8.30. The SMILES string of the molecule is Cc1cc(N)ccc1OCc1ncon1. The zero-order valence-electron chi connectivity index (χ0n) is 8.30. The number of hydrogen-bond donors (Lipinski definition) is 1. The second kappa shape index (κ2) is 4.00. The molecule has 0 saturated carbocycles. The van der Waals surface area contributed by atoms with Crippen LogP contribution >= 0.6 is 0 Å². The minimum atomic E-state index is 0.293. The molecular formula is C10H11N3O2. The van der Waals surface area contributed by atoms with E-state index in [1.165, 1.54) is 6.39 Å². The average Bonchev–Trinajstić information content (AvgIpc) is 2.69. The lowest BCUT2D eigenvalue weighted by Crippen LogP contribution is -1.99. The maximum atomic E-state index is 5.62. The molecule has 2 rings (SSSR count). The Kier molecular flexibility index (Phi) is 2.53. The molecule has 0 aliphatic heterocycles. The van der Waals surface area contributed by atoms with Gasteiger partial charge in [-0.05, 0) is 30.7 Å². The van der Waals surface area contributed by atoms with Crippen molar-refractivity contribution >= 4 is 5.69 Å². The van der Waals surface area contributed by atoms with Gasteiger partial charge in [0.2, 0.25) is 12.2 Å². The molecule has 15 heavy (non-hydrogen) atoms. The highest BCUT2D eigenvalue weighted by Gasteiger charge is 2.02. The fourth-order valence-electron chi connectivity index (χ4n) is 1.23. The van der Waals surface area contributed by atoms with E-state index in [0.29, 0.717) is 12.4 Å². The first-order valence-corrected chi connectivity index (χ1v) is 4.50. The summed E-state index contributed by atoms with van der Waals surface area (Å²) in [4.78, 5) is 3.85. The van der Waals surface area contributed by atoms with Crippen LogP contribution in [0.4, 0.5) is 5.69 Å². The largest absolute Gasteiger partial charge is 0.485 e. The van der Waals surface area contributed by atoms with E-state index >= 15 is 0 Å². The van der Waals surface area contributed by atoms with Crippen LogP contribution in [0.25, 0.3) is 0 Å². The Hall–Kier alpha value is -2.04. The maximum absolute atomic E-state index is 5.62. The van der Waals surface area contributed by atoms with Crippen LogP contribution in [-0.4, -0.2) is 10.1 Å². The molecule has 5 nitrogen and oxygen atoms in total. The molecule has 0 fully saturated rings. The van der Waals surface area contributed by atoms with Crippen LogP contribution in [0.5, 0.6) is 5.75 Å². The number of hydrogen-bond acceptors (Lipinski definition) is 5. The minimum absolute atomic E-state index is 0.293. The predicted octanol–water partition coefficient (Wildman–Crippen LogP) is 1.54. The van der Waals surface area contributed by atoms with Gasteiger partial charge >= 0.3 is 0 Å². The molecule has 1 heterocycles. The van der Waals surface area contributed by atoms with Crippen LogP contribution < -0.4 is 10.5 Å². The van der Waals surface area contributed by atoms with E-state index < -0.39 is 0 Å². The standard InChI is InChI=1S/C10H11N3O2/c1-7-4-8(11)2-3-9(7)14-5-10-12-6-15-13-10/h2-4,6H,5,11H2,1H3. The summed E-state index contributed by atoms with van der Waals surface area (Å²) in [5, 5.41) is 3.64. The highest BCUT2D eigenvalue weighted by Crippen LogP contribution is 2.20. The number of rotatable bonds is 3. The highest BCUT2D eigenvalue weighted by atomic mass is 16.5. The summed E-state index contributed by atoms with van der Waals surface area (Å²) in [6.07, 6.45) is 1.27. The van der Waals surface area contributed by atoms with Gasteiger partial charge in [0.25, 0.3) is 0 Å². The van der Waals surface area contributed by atoms with Gasteiger partial charge in [-0.3, -0.25) is 0 Å². The van der Waals surface area contributed by atoms with Gasteiger partial charge in [0.05, 0.1) is 0 Å². The summed E-state index contributed by atoms with van der Waals surface area (Å²) in [5.74, 6) is 1.29. The molecule has 0 spiro atoms. The lowest BCUT2D eigenvalue weighted by molar-refractivity contribution is 0.285. The molecule has 78 valence electrons. The fourth-order valence-corrected chi connectivity index (χ4v) is 1.23. The molecular weight excluding hydrogens is 194 g/mol. The smallest absolute Gasteiger partial charge is 0.213 e. The van der Waals surface area contributed by atoms with E-state index in [9.17, 15) is 0 Å². The van der Waals surface area contributed by atoms with E-state index in [1.807, 2.05) is 19.1 Å². The van der Waals surface area contributed by atoms with Crippen LogP contribution in [0.2, 0.25) is 0 Å². The van der Waals surface area contributed by atoms with Crippen LogP contribution in [0.1, 0.15) is 11.4 Å². The summed E-state index contributed by atoms with van der Waals surface area (Å²) >= 11 is 0. The number of aromatic nitrogens is 2. The van der Waals surface area contributed by atoms with Crippen molar-refractivity contribution in [3.05, 3.63) is 36.0 Å². The van der Waals surface area contributed by atoms with Gasteiger partial charge in [-0.25, -0.2) is 0 Å². The topological polar surface area (TPSA) is 74.2 Å². The molecule has 0 radical (unpaired) electrons. The molecule has 1 aromatic heterocycles. The van der Waals surface area contributed by atoms with Crippen molar-refractivity contribution in [2.75, 3.05) is 5.73 Å². The van der Waals surface area contributed by atoms with Gasteiger partial charge in [-0.2, -0.15) is 4.98 Å². The summed E-state index contributed by atoms with van der Waals surface area (Å²) in [7, 11) is 0. The average molecular weight is 205 g/mol. The molecule has 0 atom stereocenters. The second-order valence-corrected chi connectivity index (χ2v) is 3.16. The lowest BCUT2D eigenvalue weighted by Gasteiger charge is -2.07. The van der Waals surface area contributed by atoms with Crippen molar-refractivity contribution < 1.29 is 9.26 Å². The summed E-state index contributed by atoms with van der Waals surface area (Å²) in [6, 6.07) is 5.47. The van der Waals surface area contributed by atoms with Gasteiger partial charge in [0.15, 0.2) is 6.61 Å². The third kappa shape index (κ3) is 2.25. The molecule has 0 bridgehead atoms. The molecule has 5 heteroatoms. The Balaban J connectivity index is 2.05. The van der Waals surface area contributed by atoms with Crippen molar-refractivity contribution in [2.45, 2.75) is 13.5 Å². The number of ether oxygens (including phenoxy) is 1. The number of nitrogens with zero attached hydrogens (tertiary/aromatic N) is 2. The maximum Gasteiger partial charge on any atom is 0.213 e. The molecule has 0 unspecified atom stereocenters. The molecule has 1 aromatic carbocycles. The van der Waals surface area contributed by atoms with Crippen molar-refractivity contribution in [2.24, 2.45) is 0 Å². The molecule has 0 aliphatic rings. The fraction of sp³-hybridized carbons (Fsp3) is 0.200. The number of nitrogens with two attached hydrogens (primary N) is 1. The molecule has 0 saturated heterocycles. The van der Waals surface area contributed by atoms with E-state index in [-0.39, 0.29) is 0 Å². The van der Waals surface area contributed by atoms with Crippen LogP contribution in [-0.2, 0) is 6.61 Å². The summed E-state index contributed by atoms with van der Waals surface area (Å²) in [6.45, 7) is 2.23. The van der Waals surface area contributed by atoms with Crippen LogP contribution in [0.15, 0.2) is 29.1 Å². The first kappa shape index (κ1) is 9.51. The Morgan fingerprint density at radius 2 is 2.33 bits per heavy atom.